The Labute approximate surface area is 70.9 Å². The lowest BCUT2D eigenvalue weighted by atomic mass is 10.2. The number of hydrogen-bond donors (Lipinski definition) is 1. The Hall–Kier alpha value is -1.16. The van der Waals surface area contributed by atoms with Crippen molar-refractivity contribution in [3.63, 3.8) is 0 Å². The quantitative estimate of drug-likeness (QED) is 0.670. The highest BCUT2D eigenvalue weighted by atomic mass is 32.1. The average molecular weight is 186 g/mol. The molecule has 2 rings (SSSR count). The Morgan fingerprint density at radius 2 is 2.00 bits per heavy atom. The second-order valence-electron chi connectivity index (χ2n) is 2.37. The molecule has 1 aromatic heterocycles. The van der Waals surface area contributed by atoms with E-state index in [1.54, 1.807) is 0 Å². The highest BCUT2D eigenvalue weighted by Crippen LogP contribution is 2.31. The third kappa shape index (κ3) is 0.956. The zero-order valence-electron chi connectivity index (χ0n) is 5.84. The van der Waals surface area contributed by atoms with Gasteiger partial charge in [-0.05, 0) is 23.6 Å². The van der Waals surface area contributed by atoms with Crippen molar-refractivity contribution < 1.29 is 13.9 Å². The lowest BCUT2D eigenvalue weighted by Gasteiger charge is -1.93. The summed E-state index contributed by atoms with van der Waals surface area (Å²) in [5.41, 5.74) is 0. The molecular weight excluding hydrogens is 182 g/mol. The smallest absolute Gasteiger partial charge is 0.182 e. The molecule has 0 fully saturated rings. The number of rotatable bonds is 0. The second-order valence-corrected chi connectivity index (χ2v) is 3.37. The molecule has 1 N–H and O–H groups in total. The first kappa shape index (κ1) is 7.49. The van der Waals surface area contributed by atoms with Crippen LogP contribution in [0.1, 0.15) is 0 Å². The Balaban J connectivity index is 2.89. The average Bonchev–Trinajstić information content (AvgIpc) is 2.39. The Kier molecular flexibility index (Phi) is 1.51. The van der Waals surface area contributed by atoms with Crippen LogP contribution >= 0.6 is 11.3 Å². The van der Waals surface area contributed by atoms with Gasteiger partial charge in [0.2, 0.25) is 0 Å². The minimum Gasteiger partial charge on any atom is -0.505 e. The van der Waals surface area contributed by atoms with E-state index in [4.69, 9.17) is 5.11 Å². The van der Waals surface area contributed by atoms with Gasteiger partial charge in [0.1, 0.15) is 0 Å². The van der Waals surface area contributed by atoms with Crippen molar-refractivity contribution in [2.75, 3.05) is 0 Å². The van der Waals surface area contributed by atoms with E-state index in [1.807, 2.05) is 0 Å². The highest BCUT2D eigenvalue weighted by molar-refractivity contribution is 7.17. The first-order valence-corrected chi connectivity index (χ1v) is 4.06. The Morgan fingerprint density at radius 3 is 2.75 bits per heavy atom. The van der Waals surface area contributed by atoms with Gasteiger partial charge in [-0.25, -0.2) is 4.39 Å². The van der Waals surface area contributed by atoms with Gasteiger partial charge < -0.3 is 5.11 Å². The maximum absolute atomic E-state index is 13.0. The summed E-state index contributed by atoms with van der Waals surface area (Å²) in [6.07, 6.45) is 0. The van der Waals surface area contributed by atoms with Gasteiger partial charge in [-0.1, -0.05) is 0 Å². The number of benzene rings is 1. The van der Waals surface area contributed by atoms with E-state index >= 15 is 0 Å². The van der Waals surface area contributed by atoms with Crippen molar-refractivity contribution in [3.8, 4) is 5.75 Å². The Morgan fingerprint density at radius 1 is 1.25 bits per heavy atom. The number of phenolic OH excluding ortho intramolecular Hbond substituents is 1. The maximum Gasteiger partial charge on any atom is 0.182 e. The molecule has 2 aromatic rings. The van der Waals surface area contributed by atoms with Crippen molar-refractivity contribution in [3.05, 3.63) is 29.1 Å². The van der Waals surface area contributed by atoms with Gasteiger partial charge in [-0.2, -0.15) is 4.39 Å². The van der Waals surface area contributed by atoms with Gasteiger partial charge >= 0.3 is 0 Å². The molecule has 0 aliphatic rings. The van der Waals surface area contributed by atoms with Crippen molar-refractivity contribution in [1.82, 2.24) is 0 Å². The number of phenols is 1. The number of halogens is 2. The summed E-state index contributed by atoms with van der Waals surface area (Å²) in [4.78, 5) is 0. The molecule has 62 valence electrons. The fraction of sp³-hybridized carbons (Fsp3) is 0. The van der Waals surface area contributed by atoms with E-state index in [1.165, 1.54) is 18.2 Å². The molecule has 0 amide bonds. The van der Waals surface area contributed by atoms with Crippen molar-refractivity contribution in [1.29, 1.82) is 0 Å². The van der Waals surface area contributed by atoms with Gasteiger partial charge in [-0.3, -0.25) is 0 Å². The molecule has 0 bridgehead atoms. The SMILES string of the molecule is Oc1ccc2cc(F)sc2c1F. The van der Waals surface area contributed by atoms with E-state index < -0.39 is 16.7 Å². The Bertz CT molecular complexity index is 436. The summed E-state index contributed by atoms with van der Waals surface area (Å²) < 4.78 is 25.8. The molecule has 0 aliphatic heterocycles. The molecule has 1 aromatic carbocycles. The molecule has 0 aliphatic carbocycles. The fourth-order valence-corrected chi connectivity index (χ4v) is 1.85. The van der Waals surface area contributed by atoms with E-state index in [0.717, 1.165) is 0 Å². The molecular formula is C8H4F2OS. The van der Waals surface area contributed by atoms with Gasteiger partial charge in [0.15, 0.2) is 16.7 Å². The van der Waals surface area contributed by atoms with Gasteiger partial charge in [0, 0.05) is 0 Å². The predicted molar refractivity (Wildman–Crippen MR) is 43.4 cm³/mol. The molecule has 0 atom stereocenters. The molecule has 0 spiro atoms. The van der Waals surface area contributed by atoms with E-state index in [9.17, 15) is 8.78 Å². The van der Waals surface area contributed by atoms with Gasteiger partial charge in [-0.15, -0.1) is 11.3 Å². The third-order valence-corrected chi connectivity index (χ3v) is 2.51. The molecule has 0 saturated heterocycles. The van der Waals surface area contributed by atoms with Crippen LogP contribution in [-0.4, -0.2) is 5.11 Å². The maximum atomic E-state index is 13.0. The largest absolute Gasteiger partial charge is 0.505 e. The first-order valence-electron chi connectivity index (χ1n) is 3.25. The molecule has 4 heteroatoms. The van der Waals surface area contributed by atoms with E-state index in [2.05, 4.69) is 0 Å². The first-order chi connectivity index (χ1) is 5.68. The molecule has 0 radical (unpaired) electrons. The van der Waals surface area contributed by atoms with Crippen LogP contribution in [-0.2, 0) is 0 Å². The summed E-state index contributed by atoms with van der Waals surface area (Å²) in [6.45, 7) is 0. The highest BCUT2D eigenvalue weighted by Gasteiger charge is 2.09. The minimum absolute atomic E-state index is 0.160. The lowest BCUT2D eigenvalue weighted by molar-refractivity contribution is 0.436. The summed E-state index contributed by atoms with van der Waals surface area (Å²) >= 11 is 0.691. The van der Waals surface area contributed by atoms with Crippen molar-refractivity contribution in [2.45, 2.75) is 0 Å². The van der Waals surface area contributed by atoms with Gasteiger partial charge in [0.25, 0.3) is 0 Å². The standard InChI is InChI=1S/C8H4F2OS/c9-6-3-4-1-2-5(11)7(10)8(4)12-6/h1-3,11H. The third-order valence-electron chi connectivity index (χ3n) is 1.58. The van der Waals surface area contributed by atoms with Crippen molar-refractivity contribution in [2.24, 2.45) is 0 Å². The van der Waals surface area contributed by atoms with E-state index in [0.29, 0.717) is 16.7 Å². The number of hydrogen-bond acceptors (Lipinski definition) is 2. The summed E-state index contributed by atoms with van der Waals surface area (Å²) in [5, 5.41) is 8.97. The predicted octanol–water partition coefficient (Wildman–Crippen LogP) is 2.89. The van der Waals surface area contributed by atoms with Crippen LogP contribution in [0.3, 0.4) is 0 Å². The topological polar surface area (TPSA) is 20.2 Å². The number of thiophene rings is 1. The summed E-state index contributed by atoms with van der Waals surface area (Å²) in [7, 11) is 0. The number of aromatic hydroxyl groups is 1. The van der Waals surface area contributed by atoms with Crippen LogP contribution in [0.5, 0.6) is 5.75 Å². The minimum atomic E-state index is -0.749. The van der Waals surface area contributed by atoms with E-state index in [-0.39, 0.29) is 4.70 Å². The number of fused-ring (bicyclic) bond motifs is 1. The normalized spacial score (nSPS) is 10.8. The second kappa shape index (κ2) is 2.42. The van der Waals surface area contributed by atoms with Gasteiger partial charge in [0.05, 0.1) is 4.70 Å². The van der Waals surface area contributed by atoms with Crippen LogP contribution in [0.4, 0.5) is 8.78 Å². The molecule has 0 saturated carbocycles. The van der Waals surface area contributed by atoms with Crippen LogP contribution in [0, 0.1) is 10.9 Å². The molecule has 1 nitrogen and oxygen atoms in total. The van der Waals surface area contributed by atoms with Crippen LogP contribution in [0.15, 0.2) is 18.2 Å². The summed E-state index contributed by atoms with van der Waals surface area (Å²) in [5.74, 6) is -1.19. The summed E-state index contributed by atoms with van der Waals surface area (Å²) in [6, 6.07) is 3.93. The van der Waals surface area contributed by atoms with Crippen LogP contribution in [0.25, 0.3) is 10.1 Å². The zero-order valence-corrected chi connectivity index (χ0v) is 6.66. The lowest BCUT2D eigenvalue weighted by Crippen LogP contribution is -1.73. The zero-order chi connectivity index (χ0) is 8.72. The van der Waals surface area contributed by atoms with Crippen molar-refractivity contribution >= 4 is 21.4 Å². The van der Waals surface area contributed by atoms with Crippen LogP contribution < -0.4 is 0 Å². The molecule has 12 heavy (non-hydrogen) atoms. The fourth-order valence-electron chi connectivity index (χ4n) is 1.03. The molecule has 0 unspecified atom stereocenters. The monoisotopic (exact) mass is 186 g/mol. The van der Waals surface area contributed by atoms with Crippen LogP contribution in [0.2, 0.25) is 0 Å². The molecule has 1 heterocycles.